The fraction of sp³-hybridized carbons (Fsp3) is 0.0952. The van der Waals surface area contributed by atoms with Gasteiger partial charge in [0.1, 0.15) is 11.6 Å². The molecule has 0 fully saturated rings. The van der Waals surface area contributed by atoms with E-state index in [0.29, 0.717) is 16.3 Å². The van der Waals surface area contributed by atoms with Gasteiger partial charge in [0.25, 0.3) is 5.91 Å². The number of carbonyl (C=O) groups is 1. The maximum atomic E-state index is 13.9. The van der Waals surface area contributed by atoms with E-state index in [-0.39, 0.29) is 18.3 Å². The maximum Gasteiger partial charge on any atom is 0.261 e. The Morgan fingerprint density at radius 1 is 1.04 bits per heavy atom. The number of nitrogens with one attached hydrogen (secondary N) is 1. The Morgan fingerprint density at radius 3 is 2.67 bits per heavy atom. The van der Waals surface area contributed by atoms with Gasteiger partial charge < -0.3 is 5.32 Å². The number of amides is 1. The minimum Gasteiger partial charge on any atom is -0.344 e. The fourth-order valence-electron chi connectivity index (χ4n) is 2.89. The number of carbonyl (C=O) groups excluding carboxylic acids is 1. The number of aromatic nitrogens is 2. The zero-order chi connectivity index (χ0) is 18.8. The van der Waals surface area contributed by atoms with Crippen molar-refractivity contribution in [3.05, 3.63) is 82.9 Å². The monoisotopic (exact) mass is 377 g/mol. The third-order valence-corrected chi connectivity index (χ3v) is 5.33. The van der Waals surface area contributed by atoms with Gasteiger partial charge in [-0.05, 0) is 31.2 Å². The van der Waals surface area contributed by atoms with E-state index in [1.807, 2.05) is 31.2 Å². The van der Waals surface area contributed by atoms with Crippen LogP contribution in [0, 0.1) is 12.7 Å². The normalized spacial score (nSPS) is 10.9. The second-order valence-electron chi connectivity index (χ2n) is 6.07. The first-order valence-electron chi connectivity index (χ1n) is 8.47. The second-order valence-corrected chi connectivity index (χ2v) is 7.15. The highest BCUT2D eigenvalue weighted by molar-refractivity contribution is 7.17. The fourth-order valence-corrected chi connectivity index (χ4v) is 3.84. The highest BCUT2D eigenvalue weighted by atomic mass is 32.1. The number of hydrogen-bond acceptors (Lipinski definition) is 4. The molecule has 0 aliphatic heterocycles. The summed E-state index contributed by atoms with van der Waals surface area (Å²) in [6.45, 7) is 2.16. The topological polar surface area (TPSA) is 54.9 Å². The van der Waals surface area contributed by atoms with Crippen molar-refractivity contribution in [1.82, 2.24) is 15.3 Å². The standard InChI is InChI=1S/C21H16FN3OS/c1-13-14-6-3-5-9-17(14)25-20(24-13)12-23-21(26)19-11-10-18(27-19)15-7-2-4-8-16(15)22/h2-11H,12H2,1H3,(H,23,26). The van der Waals surface area contributed by atoms with Crippen LogP contribution < -0.4 is 5.32 Å². The van der Waals surface area contributed by atoms with Crippen molar-refractivity contribution >= 4 is 28.1 Å². The molecule has 4 aromatic rings. The van der Waals surface area contributed by atoms with E-state index < -0.39 is 0 Å². The van der Waals surface area contributed by atoms with Gasteiger partial charge in [0.15, 0.2) is 0 Å². The summed E-state index contributed by atoms with van der Waals surface area (Å²) in [6.07, 6.45) is 0. The largest absolute Gasteiger partial charge is 0.344 e. The van der Waals surface area contributed by atoms with Gasteiger partial charge in [-0.3, -0.25) is 4.79 Å². The molecular weight excluding hydrogens is 361 g/mol. The molecule has 1 N–H and O–H groups in total. The maximum absolute atomic E-state index is 13.9. The molecule has 0 radical (unpaired) electrons. The van der Waals surface area contributed by atoms with Crippen LogP contribution in [-0.4, -0.2) is 15.9 Å². The zero-order valence-corrected chi connectivity index (χ0v) is 15.4. The van der Waals surface area contributed by atoms with Gasteiger partial charge in [0, 0.05) is 21.5 Å². The summed E-state index contributed by atoms with van der Waals surface area (Å²) in [4.78, 5) is 22.6. The van der Waals surface area contributed by atoms with E-state index in [2.05, 4.69) is 15.3 Å². The van der Waals surface area contributed by atoms with Crippen molar-refractivity contribution in [1.29, 1.82) is 0 Å². The van der Waals surface area contributed by atoms with Crippen molar-refractivity contribution in [2.24, 2.45) is 0 Å². The number of fused-ring (bicyclic) bond motifs is 1. The van der Waals surface area contributed by atoms with Crippen LogP contribution in [0.25, 0.3) is 21.3 Å². The number of nitrogens with zero attached hydrogens (tertiary/aromatic N) is 2. The molecule has 0 unspecified atom stereocenters. The molecule has 1 amide bonds. The molecule has 0 aliphatic carbocycles. The van der Waals surface area contributed by atoms with Crippen molar-refractivity contribution in [2.45, 2.75) is 13.5 Å². The number of hydrogen-bond donors (Lipinski definition) is 1. The molecule has 2 aromatic heterocycles. The molecule has 134 valence electrons. The number of para-hydroxylation sites is 1. The molecule has 27 heavy (non-hydrogen) atoms. The van der Waals surface area contributed by atoms with Gasteiger partial charge >= 0.3 is 0 Å². The Labute approximate surface area is 159 Å². The Morgan fingerprint density at radius 2 is 1.81 bits per heavy atom. The first-order valence-corrected chi connectivity index (χ1v) is 9.28. The summed E-state index contributed by atoms with van der Waals surface area (Å²) >= 11 is 1.26. The van der Waals surface area contributed by atoms with Gasteiger partial charge in [0.05, 0.1) is 16.9 Å². The van der Waals surface area contributed by atoms with Crippen LogP contribution >= 0.6 is 11.3 Å². The summed E-state index contributed by atoms with van der Waals surface area (Å²) in [5.74, 6) is 0.0359. The summed E-state index contributed by atoms with van der Waals surface area (Å²) < 4.78 is 13.9. The van der Waals surface area contributed by atoms with Gasteiger partial charge in [-0.25, -0.2) is 14.4 Å². The lowest BCUT2D eigenvalue weighted by Gasteiger charge is -2.06. The summed E-state index contributed by atoms with van der Waals surface area (Å²) in [6, 6.07) is 17.8. The van der Waals surface area contributed by atoms with Crippen LogP contribution in [0.3, 0.4) is 0 Å². The molecule has 0 saturated carbocycles. The number of rotatable bonds is 4. The van der Waals surface area contributed by atoms with E-state index in [1.165, 1.54) is 17.4 Å². The van der Waals surface area contributed by atoms with Crippen LogP contribution in [0.15, 0.2) is 60.7 Å². The lowest BCUT2D eigenvalue weighted by atomic mass is 10.2. The van der Waals surface area contributed by atoms with Crippen LogP contribution in [0.4, 0.5) is 4.39 Å². The first kappa shape index (κ1) is 17.3. The highest BCUT2D eigenvalue weighted by Gasteiger charge is 2.13. The van der Waals surface area contributed by atoms with E-state index in [9.17, 15) is 9.18 Å². The zero-order valence-electron chi connectivity index (χ0n) is 14.6. The van der Waals surface area contributed by atoms with Crippen molar-refractivity contribution < 1.29 is 9.18 Å². The smallest absolute Gasteiger partial charge is 0.261 e. The summed E-state index contributed by atoms with van der Waals surface area (Å²) in [7, 11) is 0. The van der Waals surface area contributed by atoms with Crippen LogP contribution in [0.5, 0.6) is 0 Å². The molecule has 0 atom stereocenters. The van der Waals surface area contributed by atoms with Gasteiger partial charge in [-0.2, -0.15) is 0 Å². The van der Waals surface area contributed by atoms with E-state index in [4.69, 9.17) is 0 Å². The van der Waals surface area contributed by atoms with Crippen molar-refractivity contribution in [2.75, 3.05) is 0 Å². The predicted octanol–water partition coefficient (Wildman–Crippen LogP) is 4.74. The second kappa shape index (κ2) is 7.25. The van der Waals surface area contributed by atoms with Gasteiger partial charge in [-0.1, -0.05) is 36.4 Å². The molecular formula is C21H16FN3OS. The van der Waals surface area contributed by atoms with Crippen LogP contribution in [0.1, 0.15) is 21.2 Å². The number of halogens is 1. The summed E-state index contributed by atoms with van der Waals surface area (Å²) in [5.41, 5.74) is 2.23. The van der Waals surface area contributed by atoms with E-state index in [0.717, 1.165) is 21.5 Å². The van der Waals surface area contributed by atoms with Crippen molar-refractivity contribution in [3.8, 4) is 10.4 Å². The van der Waals surface area contributed by atoms with Gasteiger partial charge in [-0.15, -0.1) is 11.3 Å². The third-order valence-electron chi connectivity index (χ3n) is 4.22. The molecule has 4 rings (SSSR count). The van der Waals surface area contributed by atoms with Gasteiger partial charge in [0.2, 0.25) is 0 Å². The Bertz CT molecular complexity index is 1140. The quantitative estimate of drug-likeness (QED) is 0.559. The SMILES string of the molecule is Cc1nc(CNC(=O)c2ccc(-c3ccccc3F)s2)nc2ccccc12. The molecule has 0 saturated heterocycles. The minimum absolute atomic E-state index is 0.225. The van der Waals surface area contributed by atoms with Crippen LogP contribution in [-0.2, 0) is 6.54 Å². The molecule has 6 heteroatoms. The van der Waals surface area contributed by atoms with Crippen LogP contribution in [0.2, 0.25) is 0 Å². The Kier molecular flexibility index (Phi) is 4.64. The average molecular weight is 377 g/mol. The van der Waals surface area contributed by atoms with E-state index in [1.54, 1.807) is 30.3 Å². The highest BCUT2D eigenvalue weighted by Crippen LogP contribution is 2.30. The molecule has 0 bridgehead atoms. The lowest BCUT2D eigenvalue weighted by Crippen LogP contribution is -2.23. The molecule has 0 aliphatic rings. The Hall–Kier alpha value is -3.12. The molecule has 2 heterocycles. The van der Waals surface area contributed by atoms with E-state index >= 15 is 0 Å². The molecule has 0 spiro atoms. The predicted molar refractivity (Wildman–Crippen MR) is 105 cm³/mol. The Balaban J connectivity index is 1.50. The first-order chi connectivity index (χ1) is 13.1. The van der Waals surface area contributed by atoms with Crippen molar-refractivity contribution in [3.63, 3.8) is 0 Å². The number of thiophene rings is 1. The minimum atomic E-state index is -0.300. The number of benzene rings is 2. The molecule has 4 nitrogen and oxygen atoms in total. The average Bonchev–Trinajstić information content (AvgIpc) is 3.16. The summed E-state index contributed by atoms with van der Waals surface area (Å²) in [5, 5.41) is 3.84. The lowest BCUT2D eigenvalue weighted by molar-refractivity contribution is 0.0954. The number of aryl methyl sites for hydroxylation is 1. The molecule has 2 aromatic carbocycles. The third kappa shape index (κ3) is 3.57.